The zero-order valence-corrected chi connectivity index (χ0v) is 7.45. The van der Waals surface area contributed by atoms with Gasteiger partial charge in [0.25, 0.3) is 0 Å². The third kappa shape index (κ3) is 1.80. The van der Waals surface area contributed by atoms with Gasteiger partial charge >= 0.3 is 0 Å². The normalized spacial score (nSPS) is 22.9. The second-order valence-electron chi connectivity index (χ2n) is 3.32. The van der Waals surface area contributed by atoms with Gasteiger partial charge in [-0.3, -0.25) is 4.79 Å². The molecule has 2 rings (SSSR count). The first-order valence-corrected chi connectivity index (χ1v) is 4.66. The van der Waals surface area contributed by atoms with Crippen molar-refractivity contribution in [2.45, 2.75) is 25.4 Å². The largest absolute Gasteiger partial charge is 0.373 e. The van der Waals surface area contributed by atoms with E-state index in [1.165, 1.54) is 0 Å². The van der Waals surface area contributed by atoms with Gasteiger partial charge in [0.05, 0.1) is 6.10 Å². The molecule has 1 aromatic heterocycles. The molecule has 1 saturated heterocycles. The van der Waals surface area contributed by atoms with Crippen molar-refractivity contribution in [1.82, 2.24) is 4.98 Å². The maximum absolute atomic E-state index is 11.4. The molecule has 0 bridgehead atoms. The van der Waals surface area contributed by atoms with E-state index in [9.17, 15) is 4.79 Å². The maximum Gasteiger partial charge on any atom is 0.187 e. The summed E-state index contributed by atoms with van der Waals surface area (Å²) in [6.07, 6.45) is 6.64. The van der Waals surface area contributed by atoms with Crippen molar-refractivity contribution in [1.29, 1.82) is 0 Å². The lowest BCUT2D eigenvalue weighted by atomic mass is 10.0. The Morgan fingerprint density at radius 3 is 3.08 bits per heavy atom. The third-order valence-electron chi connectivity index (χ3n) is 2.38. The highest BCUT2D eigenvalue weighted by Gasteiger charge is 2.17. The first-order valence-electron chi connectivity index (χ1n) is 4.66. The Balaban J connectivity index is 2.24. The summed E-state index contributed by atoms with van der Waals surface area (Å²) < 4.78 is 5.52. The molecule has 0 amide bonds. The second-order valence-corrected chi connectivity index (χ2v) is 3.32. The fraction of sp³-hybridized carbons (Fsp3) is 0.500. The number of nitrogens with one attached hydrogen (secondary N) is 1. The van der Waals surface area contributed by atoms with Crippen molar-refractivity contribution < 1.29 is 4.74 Å². The number of aromatic amines is 1. The van der Waals surface area contributed by atoms with Crippen molar-refractivity contribution >= 4 is 0 Å². The number of hydrogen-bond donors (Lipinski definition) is 1. The lowest BCUT2D eigenvalue weighted by Crippen LogP contribution is -2.18. The van der Waals surface area contributed by atoms with E-state index in [-0.39, 0.29) is 11.5 Å². The van der Waals surface area contributed by atoms with E-state index in [2.05, 4.69) is 4.98 Å². The van der Waals surface area contributed by atoms with E-state index in [1.807, 2.05) is 0 Å². The molecule has 3 nitrogen and oxygen atoms in total. The Labute approximate surface area is 76.7 Å². The molecule has 0 spiro atoms. The molecule has 1 fully saturated rings. The highest BCUT2D eigenvalue weighted by molar-refractivity contribution is 5.12. The minimum atomic E-state index is 0.0127. The van der Waals surface area contributed by atoms with E-state index >= 15 is 0 Å². The van der Waals surface area contributed by atoms with Crippen molar-refractivity contribution in [3.8, 4) is 0 Å². The molecule has 1 N–H and O–H groups in total. The lowest BCUT2D eigenvalue weighted by Gasteiger charge is -2.21. The van der Waals surface area contributed by atoms with Crippen molar-refractivity contribution in [3.05, 3.63) is 34.2 Å². The van der Waals surface area contributed by atoms with Gasteiger partial charge in [0.2, 0.25) is 0 Å². The number of pyridine rings is 1. The van der Waals surface area contributed by atoms with Crippen molar-refractivity contribution in [2.24, 2.45) is 0 Å². The number of hydrogen-bond acceptors (Lipinski definition) is 2. The summed E-state index contributed by atoms with van der Waals surface area (Å²) in [6, 6.07) is 1.55. The van der Waals surface area contributed by atoms with E-state index in [1.54, 1.807) is 18.5 Å². The molecule has 0 aliphatic carbocycles. The Morgan fingerprint density at radius 1 is 1.46 bits per heavy atom. The van der Waals surface area contributed by atoms with Crippen LogP contribution in [0.15, 0.2) is 23.3 Å². The molecule has 2 heterocycles. The lowest BCUT2D eigenvalue weighted by molar-refractivity contribution is 0.0141. The SMILES string of the molecule is O=c1cc[nH]cc1C1CCCCO1. The summed E-state index contributed by atoms with van der Waals surface area (Å²) in [5.74, 6) is 0. The molecular weight excluding hydrogens is 166 g/mol. The topological polar surface area (TPSA) is 42.1 Å². The molecule has 0 radical (unpaired) electrons. The fourth-order valence-electron chi connectivity index (χ4n) is 1.67. The van der Waals surface area contributed by atoms with Crippen LogP contribution >= 0.6 is 0 Å². The van der Waals surface area contributed by atoms with Gasteiger partial charge in [-0.05, 0) is 19.3 Å². The minimum Gasteiger partial charge on any atom is -0.373 e. The smallest absolute Gasteiger partial charge is 0.187 e. The molecule has 1 aliphatic heterocycles. The van der Waals surface area contributed by atoms with Crippen LogP contribution in [0.5, 0.6) is 0 Å². The van der Waals surface area contributed by atoms with Crippen molar-refractivity contribution in [3.63, 3.8) is 0 Å². The molecule has 1 atom stereocenters. The third-order valence-corrected chi connectivity index (χ3v) is 2.38. The van der Waals surface area contributed by atoms with Crippen LogP contribution in [0.25, 0.3) is 0 Å². The molecule has 1 unspecified atom stereocenters. The van der Waals surface area contributed by atoms with Crippen LogP contribution in [0.2, 0.25) is 0 Å². The van der Waals surface area contributed by atoms with Crippen LogP contribution in [0.4, 0.5) is 0 Å². The first kappa shape index (κ1) is 8.51. The van der Waals surface area contributed by atoms with Crippen LogP contribution < -0.4 is 5.43 Å². The van der Waals surface area contributed by atoms with Crippen LogP contribution in [0.1, 0.15) is 30.9 Å². The Morgan fingerprint density at radius 2 is 2.38 bits per heavy atom. The fourth-order valence-corrected chi connectivity index (χ4v) is 1.67. The van der Waals surface area contributed by atoms with E-state index in [4.69, 9.17) is 4.74 Å². The highest BCUT2D eigenvalue weighted by atomic mass is 16.5. The quantitative estimate of drug-likeness (QED) is 0.711. The minimum absolute atomic E-state index is 0.0127. The zero-order valence-electron chi connectivity index (χ0n) is 7.45. The number of rotatable bonds is 1. The predicted molar refractivity (Wildman–Crippen MR) is 49.6 cm³/mol. The summed E-state index contributed by atoms with van der Waals surface area (Å²) >= 11 is 0. The standard InChI is InChI=1S/C10H13NO2/c12-9-4-5-11-7-8(9)10-3-1-2-6-13-10/h4-5,7,10H,1-3,6H2,(H,11,12). The highest BCUT2D eigenvalue weighted by Crippen LogP contribution is 2.24. The summed E-state index contributed by atoms with van der Waals surface area (Å²) in [5.41, 5.74) is 0.841. The van der Waals surface area contributed by atoms with Gasteiger partial charge in [0.1, 0.15) is 0 Å². The molecular formula is C10H13NO2. The first-order chi connectivity index (χ1) is 6.38. The molecule has 70 valence electrons. The van der Waals surface area contributed by atoms with Gasteiger partial charge in [0.15, 0.2) is 5.43 Å². The Hall–Kier alpha value is -1.09. The Bertz CT molecular complexity index is 326. The van der Waals surface area contributed by atoms with Gasteiger partial charge in [-0.25, -0.2) is 0 Å². The van der Waals surface area contributed by atoms with E-state index in [0.29, 0.717) is 0 Å². The monoisotopic (exact) mass is 179 g/mol. The molecule has 0 saturated carbocycles. The summed E-state index contributed by atoms with van der Waals surface area (Å²) in [6.45, 7) is 0.777. The predicted octanol–water partition coefficient (Wildman–Crippen LogP) is 1.62. The molecule has 13 heavy (non-hydrogen) atoms. The van der Waals surface area contributed by atoms with Crippen LogP contribution in [0, 0.1) is 0 Å². The van der Waals surface area contributed by atoms with E-state index < -0.39 is 0 Å². The molecule has 1 aliphatic rings. The van der Waals surface area contributed by atoms with E-state index in [0.717, 1.165) is 31.4 Å². The number of ether oxygens (including phenoxy) is 1. The van der Waals surface area contributed by atoms with Crippen molar-refractivity contribution in [2.75, 3.05) is 6.61 Å². The summed E-state index contributed by atoms with van der Waals surface area (Å²) in [5, 5.41) is 0. The number of aromatic nitrogens is 1. The average molecular weight is 179 g/mol. The summed E-state index contributed by atoms with van der Waals surface area (Å²) in [4.78, 5) is 14.3. The van der Waals surface area contributed by atoms with Gasteiger partial charge in [0, 0.05) is 30.6 Å². The van der Waals surface area contributed by atoms with Gasteiger partial charge in [-0.2, -0.15) is 0 Å². The van der Waals surface area contributed by atoms with Crippen LogP contribution in [-0.2, 0) is 4.74 Å². The van der Waals surface area contributed by atoms with Gasteiger partial charge in [-0.1, -0.05) is 0 Å². The van der Waals surface area contributed by atoms with Crippen LogP contribution in [-0.4, -0.2) is 11.6 Å². The zero-order chi connectivity index (χ0) is 9.10. The molecule has 0 aromatic carbocycles. The average Bonchev–Trinajstić information content (AvgIpc) is 2.20. The Kier molecular flexibility index (Phi) is 2.45. The number of H-pyrrole nitrogens is 1. The second kappa shape index (κ2) is 3.75. The molecule has 1 aromatic rings. The molecule has 3 heteroatoms. The van der Waals surface area contributed by atoms with Gasteiger partial charge < -0.3 is 9.72 Å². The summed E-state index contributed by atoms with van der Waals surface area (Å²) in [7, 11) is 0. The maximum atomic E-state index is 11.4. The van der Waals surface area contributed by atoms with Gasteiger partial charge in [-0.15, -0.1) is 0 Å². The van der Waals surface area contributed by atoms with Crippen LogP contribution in [0.3, 0.4) is 0 Å².